The average Bonchev–Trinajstić information content (AvgIpc) is 2.46. The van der Waals surface area contributed by atoms with E-state index in [1.54, 1.807) is 4.90 Å². The van der Waals surface area contributed by atoms with Gasteiger partial charge in [-0.15, -0.1) is 0 Å². The van der Waals surface area contributed by atoms with Crippen molar-refractivity contribution in [2.75, 3.05) is 31.7 Å². The molecule has 8 nitrogen and oxygen atoms in total. The molecule has 2 heterocycles. The van der Waals surface area contributed by atoms with Crippen molar-refractivity contribution < 1.29 is 14.5 Å². The second kappa shape index (κ2) is 6.02. The van der Waals surface area contributed by atoms with E-state index in [2.05, 4.69) is 10.3 Å². The van der Waals surface area contributed by atoms with Crippen molar-refractivity contribution >= 4 is 29.0 Å². The van der Waals surface area contributed by atoms with Gasteiger partial charge in [-0.05, 0) is 6.07 Å². The Morgan fingerprint density at radius 1 is 1.65 bits per heavy atom. The lowest BCUT2D eigenvalue weighted by Gasteiger charge is -2.34. The van der Waals surface area contributed by atoms with Crippen LogP contribution in [0.25, 0.3) is 0 Å². The molecule has 0 aromatic carbocycles. The predicted octanol–water partition coefficient (Wildman–Crippen LogP) is 0.594. The Kier molecular flexibility index (Phi) is 4.35. The van der Waals surface area contributed by atoms with Crippen molar-refractivity contribution in [1.29, 1.82) is 0 Å². The van der Waals surface area contributed by atoms with Crippen LogP contribution in [0.1, 0.15) is 0 Å². The zero-order chi connectivity index (χ0) is 14.7. The number of hydrogen-bond donors (Lipinski definition) is 1. The molecule has 1 N–H and O–H groups in total. The van der Waals surface area contributed by atoms with Gasteiger partial charge in [0, 0.05) is 19.7 Å². The van der Waals surface area contributed by atoms with Gasteiger partial charge in [0.1, 0.15) is 11.2 Å². The van der Waals surface area contributed by atoms with Crippen molar-refractivity contribution in [1.82, 2.24) is 10.3 Å². The van der Waals surface area contributed by atoms with Crippen LogP contribution < -0.4 is 10.2 Å². The van der Waals surface area contributed by atoms with E-state index in [1.807, 2.05) is 0 Å². The van der Waals surface area contributed by atoms with E-state index in [0.29, 0.717) is 13.2 Å². The highest BCUT2D eigenvalue weighted by atomic mass is 35.5. The minimum Gasteiger partial charge on any atom is -0.377 e. The van der Waals surface area contributed by atoms with Gasteiger partial charge in [-0.1, -0.05) is 11.6 Å². The second-order valence-corrected chi connectivity index (χ2v) is 4.52. The van der Waals surface area contributed by atoms with Gasteiger partial charge < -0.3 is 15.0 Å². The van der Waals surface area contributed by atoms with Gasteiger partial charge in [0.05, 0.1) is 18.1 Å². The first-order valence-electron chi connectivity index (χ1n) is 5.91. The summed E-state index contributed by atoms with van der Waals surface area (Å²) in [7, 11) is 1.49. The first-order chi connectivity index (χ1) is 9.54. The predicted molar refractivity (Wildman–Crippen MR) is 71.9 cm³/mol. The molecule has 2 rings (SSSR count). The number of carbonyl (C=O) groups excluding carboxylic acids is 1. The summed E-state index contributed by atoms with van der Waals surface area (Å²) in [4.78, 5) is 27.9. The lowest BCUT2D eigenvalue weighted by atomic mass is 10.2. The molecule has 1 aromatic heterocycles. The van der Waals surface area contributed by atoms with Crippen LogP contribution in [0.2, 0.25) is 5.15 Å². The molecule has 1 unspecified atom stereocenters. The van der Waals surface area contributed by atoms with E-state index in [0.717, 1.165) is 0 Å². The van der Waals surface area contributed by atoms with Gasteiger partial charge in [-0.3, -0.25) is 14.9 Å². The van der Waals surface area contributed by atoms with Crippen molar-refractivity contribution in [3.63, 3.8) is 0 Å². The lowest BCUT2D eigenvalue weighted by molar-refractivity contribution is -0.384. The van der Waals surface area contributed by atoms with E-state index in [-0.39, 0.29) is 29.2 Å². The van der Waals surface area contributed by atoms with Crippen LogP contribution in [0.5, 0.6) is 0 Å². The molecule has 1 aromatic rings. The monoisotopic (exact) mass is 300 g/mol. The molecule has 1 saturated heterocycles. The Morgan fingerprint density at radius 3 is 3.05 bits per heavy atom. The summed E-state index contributed by atoms with van der Waals surface area (Å²) < 4.78 is 5.25. The van der Waals surface area contributed by atoms with Crippen molar-refractivity contribution in [3.05, 3.63) is 27.4 Å². The number of nitrogens with one attached hydrogen (secondary N) is 1. The van der Waals surface area contributed by atoms with Crippen LogP contribution in [-0.4, -0.2) is 48.7 Å². The molecule has 9 heteroatoms. The number of ether oxygens (including phenoxy) is 1. The molecule has 0 saturated carbocycles. The summed E-state index contributed by atoms with van der Waals surface area (Å²) in [5.74, 6) is -0.208. The number of aromatic nitrogens is 1. The zero-order valence-corrected chi connectivity index (χ0v) is 11.5. The van der Waals surface area contributed by atoms with Gasteiger partial charge in [-0.25, -0.2) is 4.98 Å². The molecular weight excluding hydrogens is 288 g/mol. The summed E-state index contributed by atoms with van der Waals surface area (Å²) in [6.45, 7) is 0.829. The van der Waals surface area contributed by atoms with Crippen molar-refractivity contribution in [3.8, 4) is 0 Å². The Hall–Kier alpha value is -1.93. The molecule has 1 aliphatic rings. The van der Waals surface area contributed by atoms with Crippen LogP contribution >= 0.6 is 11.6 Å². The van der Waals surface area contributed by atoms with Crippen molar-refractivity contribution in [2.45, 2.75) is 6.04 Å². The standard InChI is InChI=1S/C11H13ClN4O4/c1-13-11(17)8-6-20-5-4-15(8)10-7(16(18)19)2-3-9(12)14-10/h2-3,8H,4-6H2,1H3,(H,13,17). The van der Waals surface area contributed by atoms with E-state index < -0.39 is 11.0 Å². The van der Waals surface area contributed by atoms with E-state index in [9.17, 15) is 14.9 Å². The number of anilines is 1. The van der Waals surface area contributed by atoms with E-state index in [4.69, 9.17) is 16.3 Å². The normalized spacial score (nSPS) is 18.7. The largest absolute Gasteiger partial charge is 0.377 e. The maximum absolute atomic E-state index is 11.9. The maximum atomic E-state index is 11.9. The molecule has 108 valence electrons. The van der Waals surface area contributed by atoms with Crippen LogP contribution in [0.15, 0.2) is 12.1 Å². The fourth-order valence-corrected chi connectivity index (χ4v) is 2.16. The Balaban J connectivity index is 2.44. The maximum Gasteiger partial charge on any atom is 0.311 e. The number of amides is 1. The first-order valence-corrected chi connectivity index (χ1v) is 6.29. The smallest absolute Gasteiger partial charge is 0.311 e. The number of carbonyl (C=O) groups is 1. The molecule has 20 heavy (non-hydrogen) atoms. The quantitative estimate of drug-likeness (QED) is 0.498. The molecule has 0 aliphatic carbocycles. The average molecular weight is 301 g/mol. The fraction of sp³-hybridized carbons (Fsp3) is 0.455. The molecule has 1 amide bonds. The topological polar surface area (TPSA) is 97.6 Å². The second-order valence-electron chi connectivity index (χ2n) is 4.13. The number of nitro groups is 1. The number of pyridine rings is 1. The zero-order valence-electron chi connectivity index (χ0n) is 10.7. The third kappa shape index (κ3) is 2.81. The summed E-state index contributed by atoms with van der Waals surface area (Å²) in [5, 5.41) is 13.7. The highest BCUT2D eigenvalue weighted by Crippen LogP contribution is 2.30. The molecule has 0 spiro atoms. The number of rotatable bonds is 3. The van der Waals surface area contributed by atoms with Gasteiger partial charge >= 0.3 is 5.69 Å². The van der Waals surface area contributed by atoms with E-state index in [1.165, 1.54) is 19.2 Å². The summed E-state index contributed by atoms with van der Waals surface area (Å²) >= 11 is 5.81. The lowest BCUT2D eigenvalue weighted by Crippen LogP contribution is -2.53. The molecule has 1 aliphatic heterocycles. The number of morpholine rings is 1. The number of halogens is 1. The first kappa shape index (κ1) is 14.5. The molecule has 0 radical (unpaired) electrons. The van der Waals surface area contributed by atoms with Gasteiger partial charge in [-0.2, -0.15) is 0 Å². The molecular formula is C11H13ClN4O4. The Bertz CT molecular complexity index is 539. The van der Waals surface area contributed by atoms with Crippen molar-refractivity contribution in [2.24, 2.45) is 0 Å². The number of hydrogen-bond acceptors (Lipinski definition) is 6. The SMILES string of the molecule is CNC(=O)C1COCCN1c1nc(Cl)ccc1[N+](=O)[O-]. The molecule has 0 bridgehead atoms. The van der Waals surface area contributed by atoms with Crippen LogP contribution in [0.4, 0.5) is 11.5 Å². The van der Waals surface area contributed by atoms with Crippen LogP contribution in [-0.2, 0) is 9.53 Å². The summed E-state index contributed by atoms with van der Waals surface area (Å²) in [6.07, 6.45) is 0. The number of nitrogens with zero attached hydrogens (tertiary/aromatic N) is 3. The minimum atomic E-state index is -0.668. The van der Waals surface area contributed by atoms with Gasteiger partial charge in [0.25, 0.3) is 0 Å². The summed E-state index contributed by atoms with van der Waals surface area (Å²) in [6, 6.07) is 1.96. The minimum absolute atomic E-state index is 0.0828. The Labute approximate surface area is 119 Å². The van der Waals surface area contributed by atoms with Gasteiger partial charge in [0.2, 0.25) is 11.7 Å². The van der Waals surface area contributed by atoms with Crippen LogP contribution in [0.3, 0.4) is 0 Å². The molecule has 1 atom stereocenters. The number of likely N-dealkylation sites (N-methyl/N-ethyl adjacent to an activating group) is 1. The Morgan fingerprint density at radius 2 is 2.40 bits per heavy atom. The highest BCUT2D eigenvalue weighted by Gasteiger charge is 2.34. The van der Waals surface area contributed by atoms with Gasteiger partial charge in [0.15, 0.2) is 0 Å². The van der Waals surface area contributed by atoms with Crippen LogP contribution in [0, 0.1) is 10.1 Å². The fourth-order valence-electron chi connectivity index (χ4n) is 2.01. The third-order valence-corrected chi connectivity index (χ3v) is 3.18. The van der Waals surface area contributed by atoms with E-state index >= 15 is 0 Å². The highest BCUT2D eigenvalue weighted by molar-refractivity contribution is 6.29. The summed E-state index contributed by atoms with van der Waals surface area (Å²) in [5.41, 5.74) is -0.190. The molecule has 1 fully saturated rings. The third-order valence-electron chi connectivity index (χ3n) is 2.97.